The Morgan fingerprint density at radius 1 is 1.36 bits per heavy atom. The smallest absolute Gasteiger partial charge is 0.341 e. The Bertz CT molecular complexity index is 340. The highest BCUT2D eigenvalue weighted by Gasteiger charge is 2.16. The molecule has 0 saturated carbocycles. The van der Waals surface area contributed by atoms with E-state index in [9.17, 15) is 4.79 Å². The minimum Gasteiger partial charge on any atom is -0.479 e. The highest BCUT2D eigenvalue weighted by atomic mass is 16.5. The van der Waals surface area contributed by atoms with Gasteiger partial charge in [0.1, 0.15) is 5.56 Å². The first-order valence-electron chi connectivity index (χ1n) is 4.27. The van der Waals surface area contributed by atoms with Crippen LogP contribution in [-0.4, -0.2) is 27.7 Å². The SMILES string of the molecule is CCOC(=O)c1c(C)nc(O)nc1C. The lowest BCUT2D eigenvalue weighted by molar-refractivity contribution is 0.0523. The third-order valence-corrected chi connectivity index (χ3v) is 1.74. The maximum absolute atomic E-state index is 11.4. The minimum absolute atomic E-state index is 0.304. The average molecular weight is 196 g/mol. The van der Waals surface area contributed by atoms with Gasteiger partial charge in [-0.15, -0.1) is 0 Å². The molecule has 1 rings (SSSR count). The van der Waals surface area contributed by atoms with Crippen molar-refractivity contribution in [1.29, 1.82) is 0 Å². The van der Waals surface area contributed by atoms with Crippen LogP contribution in [0, 0.1) is 13.8 Å². The van der Waals surface area contributed by atoms with E-state index in [1.165, 1.54) is 0 Å². The molecule has 0 spiro atoms. The van der Waals surface area contributed by atoms with Crippen LogP contribution in [0.3, 0.4) is 0 Å². The zero-order valence-corrected chi connectivity index (χ0v) is 8.37. The molecule has 0 radical (unpaired) electrons. The molecule has 0 atom stereocenters. The number of ether oxygens (including phenoxy) is 1. The number of aromatic nitrogens is 2. The van der Waals surface area contributed by atoms with E-state index in [1.54, 1.807) is 20.8 Å². The van der Waals surface area contributed by atoms with Gasteiger partial charge in [0.05, 0.1) is 18.0 Å². The second-order valence-electron chi connectivity index (χ2n) is 2.79. The molecule has 0 bridgehead atoms. The zero-order valence-electron chi connectivity index (χ0n) is 8.37. The molecule has 14 heavy (non-hydrogen) atoms. The van der Waals surface area contributed by atoms with E-state index >= 15 is 0 Å². The summed E-state index contributed by atoms with van der Waals surface area (Å²) in [5, 5.41) is 9.06. The van der Waals surface area contributed by atoms with Crippen LogP contribution >= 0.6 is 0 Å². The van der Waals surface area contributed by atoms with Gasteiger partial charge in [0.25, 0.3) is 0 Å². The van der Waals surface area contributed by atoms with E-state index in [0.29, 0.717) is 23.6 Å². The van der Waals surface area contributed by atoms with Gasteiger partial charge >= 0.3 is 12.0 Å². The highest BCUT2D eigenvalue weighted by Crippen LogP contribution is 2.13. The van der Waals surface area contributed by atoms with Crippen LogP contribution < -0.4 is 0 Å². The molecule has 0 unspecified atom stereocenters. The molecule has 76 valence electrons. The van der Waals surface area contributed by atoms with Crippen LogP contribution in [-0.2, 0) is 4.74 Å². The summed E-state index contributed by atoms with van der Waals surface area (Å²) >= 11 is 0. The number of hydrogen-bond acceptors (Lipinski definition) is 5. The fourth-order valence-corrected chi connectivity index (χ4v) is 1.20. The molecule has 1 heterocycles. The first kappa shape index (κ1) is 10.4. The van der Waals surface area contributed by atoms with Crippen LogP contribution in [0.5, 0.6) is 6.01 Å². The Labute approximate surface area is 81.8 Å². The van der Waals surface area contributed by atoms with Gasteiger partial charge in [0.15, 0.2) is 0 Å². The van der Waals surface area contributed by atoms with Gasteiger partial charge < -0.3 is 9.84 Å². The van der Waals surface area contributed by atoms with E-state index in [4.69, 9.17) is 9.84 Å². The minimum atomic E-state index is -0.456. The third kappa shape index (κ3) is 1.99. The molecule has 5 heteroatoms. The van der Waals surface area contributed by atoms with Gasteiger partial charge in [-0.3, -0.25) is 0 Å². The molecule has 0 saturated heterocycles. The van der Waals surface area contributed by atoms with Crippen molar-refractivity contribution in [3.63, 3.8) is 0 Å². The summed E-state index contributed by atoms with van der Waals surface area (Å²) in [5.41, 5.74) is 1.17. The second-order valence-corrected chi connectivity index (χ2v) is 2.79. The Kier molecular flexibility index (Phi) is 3.01. The second kappa shape index (κ2) is 4.04. The molecule has 0 aliphatic carbocycles. The van der Waals surface area contributed by atoms with Gasteiger partial charge in [-0.2, -0.15) is 9.97 Å². The summed E-state index contributed by atoms with van der Waals surface area (Å²) in [6, 6.07) is -0.326. The molecule has 1 N–H and O–H groups in total. The van der Waals surface area contributed by atoms with Gasteiger partial charge in [0, 0.05) is 0 Å². The van der Waals surface area contributed by atoms with Crippen molar-refractivity contribution >= 4 is 5.97 Å². The highest BCUT2D eigenvalue weighted by molar-refractivity contribution is 5.91. The normalized spacial score (nSPS) is 9.93. The van der Waals surface area contributed by atoms with E-state index in [1.807, 2.05) is 0 Å². The van der Waals surface area contributed by atoms with Crippen LogP contribution in [0.4, 0.5) is 0 Å². The van der Waals surface area contributed by atoms with Crippen LogP contribution in [0.2, 0.25) is 0 Å². The summed E-state index contributed by atoms with van der Waals surface area (Å²) in [7, 11) is 0. The van der Waals surface area contributed by atoms with E-state index < -0.39 is 5.97 Å². The largest absolute Gasteiger partial charge is 0.479 e. The topological polar surface area (TPSA) is 72.3 Å². The predicted molar refractivity (Wildman–Crippen MR) is 49.1 cm³/mol. The summed E-state index contributed by atoms with van der Waals surface area (Å²) < 4.78 is 4.83. The lowest BCUT2D eigenvalue weighted by Gasteiger charge is -2.07. The van der Waals surface area contributed by atoms with Crippen LogP contribution in [0.1, 0.15) is 28.7 Å². The summed E-state index contributed by atoms with van der Waals surface area (Å²) in [6.45, 7) is 5.28. The van der Waals surface area contributed by atoms with Gasteiger partial charge in [0.2, 0.25) is 0 Å². The van der Waals surface area contributed by atoms with Crippen molar-refractivity contribution in [3.8, 4) is 6.01 Å². The zero-order chi connectivity index (χ0) is 10.7. The van der Waals surface area contributed by atoms with E-state index in [-0.39, 0.29) is 6.01 Å². The first-order valence-corrected chi connectivity index (χ1v) is 4.27. The Morgan fingerprint density at radius 3 is 2.29 bits per heavy atom. The molecular weight excluding hydrogens is 184 g/mol. The van der Waals surface area contributed by atoms with Crippen molar-refractivity contribution < 1.29 is 14.6 Å². The number of carbonyl (C=O) groups is 1. The summed E-state index contributed by atoms with van der Waals surface area (Å²) in [4.78, 5) is 18.8. The number of rotatable bonds is 2. The monoisotopic (exact) mass is 196 g/mol. The molecular formula is C9H12N2O3. The molecule has 1 aromatic rings. The Morgan fingerprint density at radius 2 is 1.86 bits per heavy atom. The molecule has 0 amide bonds. The molecule has 0 aliphatic heterocycles. The van der Waals surface area contributed by atoms with Crippen molar-refractivity contribution in [2.24, 2.45) is 0 Å². The fourth-order valence-electron chi connectivity index (χ4n) is 1.20. The van der Waals surface area contributed by atoms with Crippen molar-refractivity contribution in [2.45, 2.75) is 20.8 Å². The number of carbonyl (C=O) groups excluding carboxylic acids is 1. The molecule has 0 fully saturated rings. The van der Waals surface area contributed by atoms with Gasteiger partial charge in [-0.25, -0.2) is 4.79 Å². The Balaban J connectivity index is 3.14. The molecule has 1 aromatic heterocycles. The molecule has 5 nitrogen and oxygen atoms in total. The number of nitrogens with zero attached hydrogens (tertiary/aromatic N) is 2. The van der Waals surface area contributed by atoms with E-state index in [0.717, 1.165) is 0 Å². The Hall–Kier alpha value is -1.65. The number of aryl methyl sites for hydroxylation is 2. The maximum Gasteiger partial charge on any atom is 0.341 e. The summed E-state index contributed by atoms with van der Waals surface area (Å²) in [5.74, 6) is -0.456. The first-order chi connectivity index (χ1) is 6.56. The average Bonchev–Trinajstić information content (AvgIpc) is 2.01. The van der Waals surface area contributed by atoms with Gasteiger partial charge in [-0.1, -0.05) is 0 Å². The van der Waals surface area contributed by atoms with Crippen molar-refractivity contribution in [3.05, 3.63) is 17.0 Å². The van der Waals surface area contributed by atoms with Gasteiger partial charge in [-0.05, 0) is 20.8 Å². The standard InChI is InChI=1S/C9H12N2O3/c1-4-14-8(12)7-5(2)10-9(13)11-6(7)3/h4H2,1-3H3,(H,10,11,13). The quantitative estimate of drug-likeness (QED) is 0.713. The molecule has 0 aromatic carbocycles. The third-order valence-electron chi connectivity index (χ3n) is 1.74. The fraction of sp³-hybridized carbons (Fsp3) is 0.444. The number of hydrogen-bond donors (Lipinski definition) is 1. The number of esters is 1. The number of aromatic hydroxyl groups is 1. The predicted octanol–water partition coefficient (Wildman–Crippen LogP) is 0.976. The maximum atomic E-state index is 11.4. The van der Waals surface area contributed by atoms with Crippen molar-refractivity contribution in [1.82, 2.24) is 9.97 Å². The lowest BCUT2D eigenvalue weighted by atomic mass is 10.2. The van der Waals surface area contributed by atoms with E-state index in [2.05, 4.69) is 9.97 Å². The van der Waals surface area contributed by atoms with Crippen molar-refractivity contribution in [2.75, 3.05) is 6.61 Å². The van der Waals surface area contributed by atoms with Crippen LogP contribution in [0.15, 0.2) is 0 Å². The van der Waals surface area contributed by atoms with Crippen LogP contribution in [0.25, 0.3) is 0 Å². The molecule has 0 aliphatic rings. The lowest BCUT2D eigenvalue weighted by Crippen LogP contribution is -2.11. The summed E-state index contributed by atoms with van der Waals surface area (Å²) in [6.07, 6.45) is 0.